The fourth-order valence-electron chi connectivity index (χ4n) is 2.47. The van der Waals surface area contributed by atoms with Crippen molar-refractivity contribution >= 4 is 21.7 Å². The molecule has 3 aromatic rings. The van der Waals surface area contributed by atoms with E-state index in [1.165, 1.54) is 32.9 Å². The zero-order chi connectivity index (χ0) is 12.9. The molecule has 0 amide bonds. The Balaban J connectivity index is 2.37. The molecule has 1 N–H and O–H groups in total. The zero-order valence-corrected chi connectivity index (χ0v) is 11.5. The number of hydrogen-bond acceptors (Lipinski definition) is 0. The first-order valence-corrected chi connectivity index (χ1v) is 6.48. The predicted molar refractivity (Wildman–Crippen MR) is 79.2 cm³/mol. The zero-order valence-electron chi connectivity index (χ0n) is 11.5. The second-order valence-corrected chi connectivity index (χ2v) is 6.18. The molecule has 0 aliphatic rings. The summed E-state index contributed by atoms with van der Waals surface area (Å²) in [5.74, 6) is 0. The summed E-state index contributed by atoms with van der Waals surface area (Å²) in [5.41, 5.74) is 4.01. The van der Waals surface area contributed by atoms with Gasteiger partial charge in [-0.25, -0.2) is 0 Å². The molecule has 0 radical (unpaired) electrons. The Morgan fingerprint density at radius 2 is 1.67 bits per heavy atom. The quantitative estimate of drug-likeness (QED) is 0.570. The van der Waals surface area contributed by atoms with E-state index in [9.17, 15) is 0 Å². The molecule has 0 saturated carbocycles. The fraction of sp³-hybridized carbons (Fsp3) is 0.294. The Kier molecular flexibility index (Phi) is 2.28. The highest BCUT2D eigenvalue weighted by molar-refractivity contribution is 6.07. The van der Waals surface area contributed by atoms with Crippen LogP contribution in [0.15, 0.2) is 36.4 Å². The molecule has 0 fully saturated rings. The number of aromatic nitrogens is 1. The summed E-state index contributed by atoms with van der Waals surface area (Å²) in [4.78, 5) is 3.54. The second kappa shape index (κ2) is 3.61. The first kappa shape index (κ1) is 11.3. The number of benzene rings is 2. The minimum atomic E-state index is 0.163. The fourth-order valence-corrected chi connectivity index (χ4v) is 2.47. The molecule has 1 heteroatoms. The minimum absolute atomic E-state index is 0.163. The predicted octanol–water partition coefficient (Wildman–Crippen LogP) is 4.93. The highest BCUT2D eigenvalue weighted by Gasteiger charge is 2.16. The lowest BCUT2D eigenvalue weighted by Gasteiger charge is -2.15. The van der Waals surface area contributed by atoms with Gasteiger partial charge < -0.3 is 4.98 Å². The van der Waals surface area contributed by atoms with Crippen molar-refractivity contribution < 1.29 is 0 Å². The molecule has 0 aliphatic carbocycles. The van der Waals surface area contributed by atoms with Crippen LogP contribution in [0.3, 0.4) is 0 Å². The summed E-state index contributed by atoms with van der Waals surface area (Å²) < 4.78 is 0. The number of aromatic amines is 1. The molecule has 0 spiro atoms. The summed E-state index contributed by atoms with van der Waals surface area (Å²) in [6, 6.07) is 13.4. The largest absolute Gasteiger partial charge is 0.358 e. The van der Waals surface area contributed by atoms with Gasteiger partial charge in [-0.1, -0.05) is 50.6 Å². The van der Waals surface area contributed by atoms with Gasteiger partial charge in [0.1, 0.15) is 0 Å². The number of H-pyrrole nitrogens is 1. The number of aryl methyl sites for hydroxylation is 1. The van der Waals surface area contributed by atoms with Crippen LogP contribution in [0.4, 0.5) is 0 Å². The molecule has 1 heterocycles. The number of fused-ring (bicyclic) bond motifs is 3. The van der Waals surface area contributed by atoms with E-state index in [1.807, 2.05) is 0 Å². The average molecular weight is 237 g/mol. The SMILES string of the molecule is Cc1ccc2c(ccc3[nH]c(C(C)(C)C)cc32)c1. The van der Waals surface area contributed by atoms with Gasteiger partial charge in [-0.15, -0.1) is 0 Å². The smallest absolute Gasteiger partial charge is 0.0462 e. The Bertz CT molecular complexity index is 726. The molecule has 0 bridgehead atoms. The van der Waals surface area contributed by atoms with Crippen molar-refractivity contribution in [2.45, 2.75) is 33.1 Å². The van der Waals surface area contributed by atoms with Gasteiger partial charge >= 0.3 is 0 Å². The van der Waals surface area contributed by atoms with Crippen molar-refractivity contribution in [1.82, 2.24) is 4.98 Å². The third-order valence-corrected chi connectivity index (χ3v) is 3.58. The van der Waals surface area contributed by atoms with Gasteiger partial charge in [0.25, 0.3) is 0 Å². The maximum atomic E-state index is 3.54. The lowest BCUT2D eigenvalue weighted by Crippen LogP contribution is -2.10. The van der Waals surface area contributed by atoms with E-state index in [1.54, 1.807) is 0 Å². The molecular weight excluding hydrogens is 218 g/mol. The summed E-state index contributed by atoms with van der Waals surface area (Å²) in [6.07, 6.45) is 0. The topological polar surface area (TPSA) is 15.8 Å². The molecule has 2 aromatic carbocycles. The summed E-state index contributed by atoms with van der Waals surface area (Å²) in [6.45, 7) is 8.86. The van der Waals surface area contributed by atoms with E-state index in [0.29, 0.717) is 0 Å². The van der Waals surface area contributed by atoms with Crippen molar-refractivity contribution in [3.8, 4) is 0 Å². The van der Waals surface area contributed by atoms with E-state index in [4.69, 9.17) is 0 Å². The van der Waals surface area contributed by atoms with E-state index in [0.717, 1.165) is 0 Å². The Morgan fingerprint density at radius 1 is 0.889 bits per heavy atom. The van der Waals surface area contributed by atoms with Crippen molar-refractivity contribution in [2.24, 2.45) is 0 Å². The third kappa shape index (κ3) is 1.71. The Hall–Kier alpha value is -1.76. The van der Waals surface area contributed by atoms with E-state index in [-0.39, 0.29) is 5.41 Å². The van der Waals surface area contributed by atoms with Crippen LogP contribution in [0, 0.1) is 6.92 Å². The highest BCUT2D eigenvalue weighted by Crippen LogP contribution is 2.31. The monoisotopic (exact) mass is 237 g/mol. The molecule has 3 rings (SSSR count). The maximum absolute atomic E-state index is 3.54. The lowest BCUT2D eigenvalue weighted by atomic mass is 9.92. The van der Waals surface area contributed by atoms with Crippen molar-refractivity contribution in [3.63, 3.8) is 0 Å². The van der Waals surface area contributed by atoms with Crippen LogP contribution in [-0.2, 0) is 5.41 Å². The van der Waals surface area contributed by atoms with Crippen LogP contribution in [0.5, 0.6) is 0 Å². The van der Waals surface area contributed by atoms with Gasteiger partial charge in [-0.05, 0) is 29.8 Å². The van der Waals surface area contributed by atoms with Gasteiger partial charge in [0, 0.05) is 22.0 Å². The number of hydrogen-bond donors (Lipinski definition) is 1. The average Bonchev–Trinajstić information content (AvgIpc) is 2.72. The first-order valence-electron chi connectivity index (χ1n) is 6.48. The molecular formula is C17H19N. The number of rotatable bonds is 0. The van der Waals surface area contributed by atoms with Crippen LogP contribution < -0.4 is 0 Å². The minimum Gasteiger partial charge on any atom is -0.358 e. The molecule has 92 valence electrons. The van der Waals surface area contributed by atoms with Gasteiger partial charge in [0.15, 0.2) is 0 Å². The molecule has 0 aliphatic heterocycles. The summed E-state index contributed by atoms with van der Waals surface area (Å²) in [5, 5.41) is 3.99. The van der Waals surface area contributed by atoms with Crippen LogP contribution >= 0.6 is 0 Å². The van der Waals surface area contributed by atoms with Gasteiger partial charge in [0.2, 0.25) is 0 Å². The second-order valence-electron chi connectivity index (χ2n) is 6.18. The molecule has 0 saturated heterocycles. The van der Waals surface area contributed by atoms with Crippen LogP contribution in [0.2, 0.25) is 0 Å². The van der Waals surface area contributed by atoms with Gasteiger partial charge in [-0.3, -0.25) is 0 Å². The van der Waals surface area contributed by atoms with Crippen molar-refractivity contribution in [1.29, 1.82) is 0 Å². The first-order chi connectivity index (χ1) is 8.45. The van der Waals surface area contributed by atoms with Crippen LogP contribution in [0.25, 0.3) is 21.7 Å². The molecule has 0 atom stereocenters. The van der Waals surface area contributed by atoms with E-state index >= 15 is 0 Å². The normalized spacial score (nSPS) is 12.4. The van der Waals surface area contributed by atoms with Crippen molar-refractivity contribution in [2.75, 3.05) is 0 Å². The standard InChI is InChI=1S/C17H19N/c1-11-5-7-13-12(9-11)6-8-15-14(13)10-16(18-15)17(2,3)4/h5-10,18H,1-4H3. The van der Waals surface area contributed by atoms with Crippen LogP contribution in [-0.4, -0.2) is 4.98 Å². The molecule has 1 aromatic heterocycles. The Labute approximate surface area is 108 Å². The summed E-state index contributed by atoms with van der Waals surface area (Å²) >= 11 is 0. The molecule has 0 unspecified atom stereocenters. The van der Waals surface area contributed by atoms with Crippen molar-refractivity contribution in [3.05, 3.63) is 47.7 Å². The Morgan fingerprint density at radius 3 is 2.39 bits per heavy atom. The maximum Gasteiger partial charge on any atom is 0.0462 e. The lowest BCUT2D eigenvalue weighted by molar-refractivity contribution is 0.574. The number of nitrogens with one attached hydrogen (secondary N) is 1. The van der Waals surface area contributed by atoms with Gasteiger partial charge in [0.05, 0.1) is 0 Å². The third-order valence-electron chi connectivity index (χ3n) is 3.58. The highest BCUT2D eigenvalue weighted by atomic mass is 14.7. The summed E-state index contributed by atoms with van der Waals surface area (Å²) in [7, 11) is 0. The van der Waals surface area contributed by atoms with Gasteiger partial charge in [-0.2, -0.15) is 0 Å². The molecule has 1 nitrogen and oxygen atoms in total. The van der Waals surface area contributed by atoms with Crippen LogP contribution in [0.1, 0.15) is 32.0 Å². The van der Waals surface area contributed by atoms with E-state index in [2.05, 4.69) is 69.1 Å². The van der Waals surface area contributed by atoms with E-state index < -0.39 is 0 Å². The molecule has 18 heavy (non-hydrogen) atoms.